The van der Waals surface area contributed by atoms with E-state index in [2.05, 4.69) is 21.2 Å². The topological polar surface area (TPSA) is 103 Å². The zero-order chi connectivity index (χ0) is 19.5. The quantitative estimate of drug-likeness (QED) is 0.526. The van der Waals surface area contributed by atoms with E-state index in [-0.39, 0.29) is 24.2 Å². The van der Waals surface area contributed by atoms with Crippen molar-refractivity contribution in [1.82, 2.24) is 15.8 Å². The van der Waals surface area contributed by atoms with E-state index in [0.29, 0.717) is 18.4 Å². The number of fused-ring (bicyclic) bond motifs is 2. The normalized spacial score (nSPS) is 15.6. The molecule has 3 amide bonds. The lowest BCUT2D eigenvalue weighted by atomic mass is 9.89. The van der Waals surface area contributed by atoms with Gasteiger partial charge in [-0.25, -0.2) is 0 Å². The summed E-state index contributed by atoms with van der Waals surface area (Å²) in [6.45, 7) is 0. The zero-order valence-electron chi connectivity index (χ0n) is 15.1. The average molecular weight is 376 g/mol. The van der Waals surface area contributed by atoms with Crippen LogP contribution in [0.1, 0.15) is 28.8 Å². The Balaban J connectivity index is 1.29. The monoisotopic (exact) mass is 376 g/mol. The molecular weight excluding hydrogens is 356 g/mol. The lowest BCUT2D eigenvalue weighted by Crippen LogP contribution is -2.42. The number of aromatic nitrogens is 1. The molecule has 0 radical (unpaired) electrons. The van der Waals surface area contributed by atoms with E-state index >= 15 is 0 Å². The Morgan fingerprint density at radius 1 is 1.04 bits per heavy atom. The fourth-order valence-electron chi connectivity index (χ4n) is 3.47. The lowest BCUT2D eigenvalue weighted by molar-refractivity contribution is -0.123. The highest BCUT2D eigenvalue weighted by molar-refractivity contribution is 6.07. The Morgan fingerprint density at radius 2 is 1.82 bits per heavy atom. The van der Waals surface area contributed by atoms with Gasteiger partial charge >= 0.3 is 0 Å². The molecule has 1 aromatic heterocycles. The number of nitrogens with one attached hydrogen (secondary N) is 4. The van der Waals surface area contributed by atoms with E-state index in [1.54, 1.807) is 6.20 Å². The van der Waals surface area contributed by atoms with Gasteiger partial charge in [0, 0.05) is 35.1 Å². The summed E-state index contributed by atoms with van der Waals surface area (Å²) in [6, 6.07) is 15.1. The van der Waals surface area contributed by atoms with Crippen molar-refractivity contribution in [2.75, 3.05) is 5.32 Å². The number of aromatic amines is 1. The number of hydrogen-bond donors (Lipinski definition) is 4. The Labute approximate surface area is 161 Å². The highest BCUT2D eigenvalue weighted by Crippen LogP contribution is 2.27. The van der Waals surface area contributed by atoms with E-state index in [1.807, 2.05) is 48.5 Å². The van der Waals surface area contributed by atoms with Crippen LogP contribution < -0.4 is 16.2 Å². The first-order valence-corrected chi connectivity index (χ1v) is 9.16. The van der Waals surface area contributed by atoms with Crippen molar-refractivity contribution in [3.8, 4) is 0 Å². The van der Waals surface area contributed by atoms with Crippen LogP contribution in [0, 0.1) is 5.92 Å². The molecule has 0 saturated carbocycles. The van der Waals surface area contributed by atoms with Gasteiger partial charge in [0.05, 0.1) is 5.56 Å². The van der Waals surface area contributed by atoms with Crippen LogP contribution in [0.25, 0.3) is 10.9 Å². The first-order valence-electron chi connectivity index (χ1n) is 9.16. The van der Waals surface area contributed by atoms with E-state index in [1.165, 1.54) is 0 Å². The number of hydrogen-bond acceptors (Lipinski definition) is 3. The SMILES string of the molecule is O=C(CC[C@@H]1Cc2ccccc2NC1=O)NNC(=O)c1c[nH]c2ccccc12. The number of rotatable bonds is 4. The first kappa shape index (κ1) is 17.8. The summed E-state index contributed by atoms with van der Waals surface area (Å²) in [4.78, 5) is 39.6. The maximum atomic E-state index is 12.3. The van der Waals surface area contributed by atoms with Crippen LogP contribution in [0.2, 0.25) is 0 Å². The molecule has 7 nitrogen and oxygen atoms in total. The number of carbonyl (C=O) groups is 3. The summed E-state index contributed by atoms with van der Waals surface area (Å²) in [5.41, 5.74) is 8.07. The summed E-state index contributed by atoms with van der Waals surface area (Å²) < 4.78 is 0. The van der Waals surface area contributed by atoms with Crippen LogP contribution >= 0.6 is 0 Å². The van der Waals surface area contributed by atoms with Gasteiger partial charge in [-0.05, 0) is 30.5 Å². The van der Waals surface area contributed by atoms with Gasteiger partial charge in [-0.1, -0.05) is 36.4 Å². The molecule has 2 heterocycles. The van der Waals surface area contributed by atoms with Gasteiger partial charge in [0.1, 0.15) is 0 Å². The summed E-state index contributed by atoms with van der Waals surface area (Å²) in [6.07, 6.45) is 2.77. The molecule has 0 bridgehead atoms. The van der Waals surface area contributed by atoms with E-state index in [4.69, 9.17) is 0 Å². The average Bonchev–Trinajstić information content (AvgIpc) is 3.14. The fraction of sp³-hybridized carbons (Fsp3) is 0.190. The van der Waals surface area contributed by atoms with Gasteiger partial charge in [-0.15, -0.1) is 0 Å². The molecule has 0 aliphatic carbocycles. The summed E-state index contributed by atoms with van der Waals surface area (Å²) >= 11 is 0. The molecule has 1 atom stereocenters. The molecule has 28 heavy (non-hydrogen) atoms. The molecule has 0 spiro atoms. The standard InChI is InChI=1S/C21H20N4O3/c26-19(10-9-14-11-13-5-1-3-7-17(13)23-20(14)27)24-25-21(28)16-12-22-18-8-4-2-6-15(16)18/h1-8,12,14,22H,9-11H2,(H,23,27)(H,24,26)(H,25,28)/t14-/m1/s1. The highest BCUT2D eigenvalue weighted by Gasteiger charge is 2.26. The van der Waals surface area contributed by atoms with Crippen LogP contribution in [0.3, 0.4) is 0 Å². The Bertz CT molecular complexity index is 1060. The van der Waals surface area contributed by atoms with Crippen molar-refractivity contribution < 1.29 is 14.4 Å². The van der Waals surface area contributed by atoms with Crippen LogP contribution in [-0.2, 0) is 16.0 Å². The Morgan fingerprint density at radius 3 is 2.71 bits per heavy atom. The second kappa shape index (κ2) is 7.56. The minimum atomic E-state index is -0.393. The first-order chi connectivity index (χ1) is 13.6. The summed E-state index contributed by atoms with van der Waals surface area (Å²) in [7, 11) is 0. The molecule has 0 fully saturated rings. The second-order valence-corrected chi connectivity index (χ2v) is 6.84. The zero-order valence-corrected chi connectivity index (χ0v) is 15.1. The van der Waals surface area contributed by atoms with Gasteiger partial charge in [0.25, 0.3) is 5.91 Å². The van der Waals surface area contributed by atoms with Crippen LogP contribution in [0.5, 0.6) is 0 Å². The molecule has 1 aliphatic rings. The van der Waals surface area contributed by atoms with Crippen LogP contribution in [0.15, 0.2) is 54.7 Å². The maximum absolute atomic E-state index is 12.3. The number of carbonyl (C=O) groups excluding carboxylic acids is 3. The third-order valence-corrected chi connectivity index (χ3v) is 4.98. The fourth-order valence-corrected chi connectivity index (χ4v) is 3.47. The minimum absolute atomic E-state index is 0.0747. The van der Waals surface area contributed by atoms with E-state index in [0.717, 1.165) is 22.2 Å². The molecular formula is C21H20N4O3. The molecule has 3 aromatic rings. The number of H-pyrrole nitrogens is 1. The number of hydrazine groups is 1. The van der Waals surface area contributed by atoms with Crippen LogP contribution in [0.4, 0.5) is 5.69 Å². The second-order valence-electron chi connectivity index (χ2n) is 6.84. The number of amides is 3. The Hall–Kier alpha value is -3.61. The maximum Gasteiger partial charge on any atom is 0.271 e. The van der Waals surface area contributed by atoms with Crippen molar-refractivity contribution in [2.45, 2.75) is 19.3 Å². The number of anilines is 1. The summed E-state index contributed by atoms with van der Waals surface area (Å²) in [5, 5.41) is 3.66. The molecule has 2 aromatic carbocycles. The molecule has 7 heteroatoms. The molecule has 4 N–H and O–H groups in total. The van der Waals surface area contributed by atoms with Crippen molar-refractivity contribution in [2.24, 2.45) is 5.92 Å². The molecule has 0 unspecified atom stereocenters. The van der Waals surface area contributed by atoms with Crippen molar-refractivity contribution in [1.29, 1.82) is 0 Å². The smallest absolute Gasteiger partial charge is 0.271 e. The van der Waals surface area contributed by atoms with Crippen molar-refractivity contribution >= 4 is 34.3 Å². The van der Waals surface area contributed by atoms with Crippen molar-refractivity contribution in [3.63, 3.8) is 0 Å². The Kier molecular flexibility index (Phi) is 4.80. The van der Waals surface area contributed by atoms with Gasteiger partial charge in [-0.2, -0.15) is 0 Å². The molecule has 1 aliphatic heterocycles. The molecule has 0 saturated heterocycles. The van der Waals surface area contributed by atoms with Crippen molar-refractivity contribution in [3.05, 3.63) is 65.9 Å². The predicted molar refractivity (Wildman–Crippen MR) is 105 cm³/mol. The van der Waals surface area contributed by atoms with Gasteiger partial charge in [0.15, 0.2) is 0 Å². The lowest BCUT2D eigenvalue weighted by Gasteiger charge is -2.24. The molecule has 4 rings (SSSR count). The number of para-hydroxylation sites is 2. The summed E-state index contributed by atoms with van der Waals surface area (Å²) in [5.74, 6) is -1.06. The minimum Gasteiger partial charge on any atom is -0.360 e. The van der Waals surface area contributed by atoms with E-state index in [9.17, 15) is 14.4 Å². The van der Waals surface area contributed by atoms with Gasteiger partial charge in [0.2, 0.25) is 11.8 Å². The predicted octanol–water partition coefficient (Wildman–Crippen LogP) is 2.52. The van der Waals surface area contributed by atoms with Gasteiger partial charge in [-0.3, -0.25) is 25.2 Å². The third kappa shape index (κ3) is 3.59. The molecule has 142 valence electrons. The highest BCUT2D eigenvalue weighted by atomic mass is 16.2. The van der Waals surface area contributed by atoms with E-state index < -0.39 is 5.91 Å². The van der Waals surface area contributed by atoms with Gasteiger partial charge < -0.3 is 10.3 Å². The third-order valence-electron chi connectivity index (χ3n) is 4.98. The van der Waals surface area contributed by atoms with Crippen LogP contribution in [-0.4, -0.2) is 22.7 Å². The number of benzene rings is 2. The largest absolute Gasteiger partial charge is 0.360 e.